The number of fused-ring (bicyclic) bond motifs is 7. The van der Waals surface area contributed by atoms with Crippen molar-refractivity contribution in [2.75, 3.05) is 72.8 Å². The molecule has 14 nitrogen and oxygen atoms in total. The minimum atomic E-state index is -1.46. The van der Waals surface area contributed by atoms with Crippen molar-refractivity contribution in [3.63, 3.8) is 0 Å². The number of hydrogen-bond acceptors (Lipinski definition) is 14. The molecule has 7 heterocycles. The van der Waals surface area contributed by atoms with Gasteiger partial charge in [0.25, 0.3) is 0 Å². The summed E-state index contributed by atoms with van der Waals surface area (Å²) in [6.07, 6.45) is 0.868. The second-order valence-electron chi connectivity index (χ2n) is 16.4. The molecule has 4 aliphatic heterocycles. The highest BCUT2D eigenvalue weighted by molar-refractivity contribution is 7.22. The molecule has 10 rings (SSSR count). The molecule has 2 fully saturated rings. The number of carboxylic acids is 1. The molecule has 3 aromatic carbocycles. The normalized spacial score (nSPS) is 18.9. The van der Waals surface area contributed by atoms with Gasteiger partial charge in [0.15, 0.2) is 5.75 Å². The summed E-state index contributed by atoms with van der Waals surface area (Å²) in [6, 6.07) is 13.2. The van der Waals surface area contributed by atoms with E-state index < -0.39 is 24.0 Å². The topological polar surface area (TPSA) is 151 Å². The Kier molecular flexibility index (Phi) is 13.6. The molecule has 4 bridgehead atoms. The van der Waals surface area contributed by atoms with Crippen LogP contribution in [0, 0.1) is 19.7 Å². The lowest BCUT2D eigenvalue weighted by atomic mass is 9.92. The highest BCUT2D eigenvalue weighted by Crippen LogP contribution is 2.53. The summed E-state index contributed by atoms with van der Waals surface area (Å²) < 4.78 is 52.0. The molecule has 1 unspecified atom stereocenters. The smallest absolute Gasteiger partial charge is 0.345 e. The van der Waals surface area contributed by atoms with Crippen LogP contribution in [0.5, 0.6) is 23.1 Å². The minimum Gasteiger partial charge on any atom is -0.490 e. The van der Waals surface area contributed by atoms with Crippen LogP contribution in [0.4, 0.5) is 4.39 Å². The first kappa shape index (κ1) is 45.0. The Balaban J connectivity index is 1.16. The second-order valence-corrected chi connectivity index (χ2v) is 18.1. The summed E-state index contributed by atoms with van der Waals surface area (Å²) >= 11 is 16.0. The first-order valence-corrected chi connectivity index (χ1v) is 22.9. The van der Waals surface area contributed by atoms with E-state index in [0.29, 0.717) is 120 Å². The number of piperazine rings is 1. The lowest BCUT2D eigenvalue weighted by Gasteiger charge is -2.35. The summed E-state index contributed by atoms with van der Waals surface area (Å²) in [5.41, 5.74) is 4.39. The summed E-state index contributed by atoms with van der Waals surface area (Å²) in [7, 11) is 2.10. The fourth-order valence-electron chi connectivity index (χ4n) is 8.32. The van der Waals surface area contributed by atoms with Crippen LogP contribution in [-0.2, 0) is 27.3 Å². The molecule has 18 heteroatoms. The van der Waals surface area contributed by atoms with Crippen molar-refractivity contribution in [3.8, 4) is 44.7 Å². The van der Waals surface area contributed by atoms with E-state index in [9.17, 15) is 14.3 Å². The maximum atomic E-state index is 14.4. The van der Waals surface area contributed by atoms with E-state index in [1.165, 1.54) is 29.8 Å². The van der Waals surface area contributed by atoms with E-state index in [1.54, 1.807) is 42.6 Å². The number of hydrogen-bond donors (Lipinski definition) is 1. The number of likely N-dealkylation sites (N-methyl/N-ethyl adjacent to an activating group) is 1. The van der Waals surface area contributed by atoms with Crippen LogP contribution in [0.25, 0.3) is 31.8 Å². The van der Waals surface area contributed by atoms with Crippen molar-refractivity contribution in [2.45, 2.75) is 45.0 Å². The van der Waals surface area contributed by atoms with Crippen molar-refractivity contribution >= 4 is 50.7 Å². The van der Waals surface area contributed by atoms with E-state index in [2.05, 4.69) is 31.8 Å². The van der Waals surface area contributed by atoms with E-state index in [0.717, 1.165) is 26.2 Å². The van der Waals surface area contributed by atoms with Gasteiger partial charge in [-0.25, -0.2) is 29.1 Å². The maximum Gasteiger partial charge on any atom is 0.345 e. The Labute approximate surface area is 389 Å². The number of carbonyl (C=O) groups is 1. The predicted molar refractivity (Wildman–Crippen MR) is 245 cm³/mol. The summed E-state index contributed by atoms with van der Waals surface area (Å²) in [5, 5.41) is 11.9. The number of benzene rings is 3. The third kappa shape index (κ3) is 9.85. The van der Waals surface area contributed by atoms with Gasteiger partial charge in [0.2, 0.25) is 12.0 Å². The fraction of sp³-hybridized carbons (Fsp3) is 0.383. The van der Waals surface area contributed by atoms with Crippen molar-refractivity contribution in [3.05, 3.63) is 105 Å². The molecule has 340 valence electrons. The Morgan fingerprint density at radius 2 is 1.66 bits per heavy atom. The quantitative estimate of drug-likeness (QED) is 0.157. The molecule has 6 aromatic rings. The van der Waals surface area contributed by atoms with E-state index >= 15 is 0 Å². The fourth-order valence-corrected chi connectivity index (χ4v) is 9.98. The molecule has 3 aromatic heterocycles. The zero-order valence-corrected chi connectivity index (χ0v) is 38.3. The second kappa shape index (κ2) is 19.7. The summed E-state index contributed by atoms with van der Waals surface area (Å²) in [4.78, 5) is 37.5. The molecule has 0 spiro atoms. The van der Waals surface area contributed by atoms with Gasteiger partial charge in [-0.15, -0.1) is 11.3 Å². The lowest BCUT2D eigenvalue weighted by molar-refractivity contribution is -0.145. The van der Waals surface area contributed by atoms with E-state index in [1.807, 2.05) is 13.8 Å². The van der Waals surface area contributed by atoms with Crippen molar-refractivity contribution in [1.82, 2.24) is 29.7 Å². The van der Waals surface area contributed by atoms with Gasteiger partial charge in [0.1, 0.15) is 53.6 Å². The zero-order chi connectivity index (χ0) is 45.2. The third-order valence-electron chi connectivity index (χ3n) is 11.8. The number of aliphatic carboxylic acids is 1. The van der Waals surface area contributed by atoms with Gasteiger partial charge in [0, 0.05) is 61.3 Å². The van der Waals surface area contributed by atoms with E-state index in [-0.39, 0.29) is 31.4 Å². The van der Waals surface area contributed by atoms with Crippen molar-refractivity contribution < 1.29 is 42.7 Å². The predicted octanol–water partition coefficient (Wildman–Crippen LogP) is 8.05. The molecule has 1 N–H and O–H groups in total. The Morgan fingerprint density at radius 1 is 0.923 bits per heavy atom. The number of carboxylic acid groups (broad SMARTS) is 1. The first-order chi connectivity index (χ1) is 31.5. The standard InChI is InChI=1S/C47H47Cl2FN6O8S/c1-26-37-27(2)41(49)42(40(26)48)63-34(20-56-14-12-55(3)13-15-56)24-61-33-8-9-35(62-23-32-10-11-51-44(54-32)30-21-59-16-17-60-22-30)29(18-33)19-36(47(57)58)64-45-39-38(37)43(65-46(39)53-25-52-45)28-4-6-31(50)7-5-28/h4-11,18,25,30,34,36H,12-17,19-24H2,1-3H3,(H,57,58)/t34-,36?/m1/s1. The average Bonchev–Trinajstić information content (AvgIpc) is 3.47. The monoisotopic (exact) mass is 944 g/mol. The van der Waals surface area contributed by atoms with Crippen LogP contribution in [-0.4, -0.2) is 126 Å². The van der Waals surface area contributed by atoms with Gasteiger partial charge in [-0.2, -0.15) is 0 Å². The van der Waals surface area contributed by atoms with Gasteiger partial charge in [-0.05, 0) is 79.5 Å². The zero-order valence-electron chi connectivity index (χ0n) is 36.0. The molecule has 2 atom stereocenters. The van der Waals surface area contributed by atoms with Gasteiger partial charge in [0.05, 0.1) is 53.5 Å². The SMILES string of the molecule is Cc1c(Cl)c2c(Cl)c(C)c1-c1c(-c3ccc(F)cc3)sc3ncnc(c13)OC(C(=O)O)Cc1cc(ccc1OCc1ccnc(C3COCCOC3)n1)OC[C@@H](CN1CCN(C)CC1)O2. The molecule has 4 aliphatic rings. The van der Waals surface area contributed by atoms with Gasteiger partial charge < -0.3 is 38.4 Å². The molecular formula is C47H47Cl2FN6O8S. The highest BCUT2D eigenvalue weighted by Gasteiger charge is 2.32. The van der Waals surface area contributed by atoms with Gasteiger partial charge >= 0.3 is 5.97 Å². The number of nitrogens with zero attached hydrogens (tertiary/aromatic N) is 6. The molecule has 0 aliphatic carbocycles. The first-order valence-electron chi connectivity index (χ1n) is 21.4. The minimum absolute atomic E-state index is 0.0276. The maximum absolute atomic E-state index is 14.4. The average molecular weight is 946 g/mol. The largest absolute Gasteiger partial charge is 0.490 e. The van der Waals surface area contributed by atoms with Crippen LogP contribution in [0.1, 0.15) is 34.1 Å². The van der Waals surface area contributed by atoms with Crippen LogP contribution in [0.3, 0.4) is 0 Å². The number of aromatic nitrogens is 4. The van der Waals surface area contributed by atoms with Crippen LogP contribution in [0.2, 0.25) is 10.0 Å². The van der Waals surface area contributed by atoms with Gasteiger partial charge in [-0.1, -0.05) is 35.3 Å². The highest BCUT2D eigenvalue weighted by atomic mass is 35.5. The number of ether oxygens (including phenoxy) is 6. The molecule has 65 heavy (non-hydrogen) atoms. The van der Waals surface area contributed by atoms with Crippen molar-refractivity contribution in [1.29, 1.82) is 0 Å². The molecule has 0 saturated carbocycles. The summed E-state index contributed by atoms with van der Waals surface area (Å²) in [5.74, 6) is 0.0277. The van der Waals surface area contributed by atoms with Crippen molar-refractivity contribution in [2.24, 2.45) is 0 Å². The number of thiophene rings is 1. The molecule has 0 radical (unpaired) electrons. The molecule has 0 amide bonds. The lowest BCUT2D eigenvalue weighted by Crippen LogP contribution is -2.49. The Morgan fingerprint density at radius 3 is 2.38 bits per heavy atom. The number of rotatable bonds is 8. The molecule has 2 saturated heterocycles. The van der Waals surface area contributed by atoms with E-state index in [4.69, 9.17) is 56.6 Å². The number of halogens is 3. The van der Waals surface area contributed by atoms with Gasteiger partial charge in [-0.3, -0.25) is 4.90 Å². The summed E-state index contributed by atoms with van der Waals surface area (Å²) in [6.45, 7) is 9.82. The van der Waals surface area contributed by atoms with Crippen LogP contribution < -0.4 is 18.9 Å². The molecular weight excluding hydrogens is 899 g/mol. The van der Waals surface area contributed by atoms with Crippen LogP contribution >= 0.6 is 34.5 Å². The van der Waals surface area contributed by atoms with Crippen LogP contribution in [0.15, 0.2) is 61.1 Å². The third-order valence-corrected chi connectivity index (χ3v) is 13.9. The Bertz CT molecular complexity index is 2670. The Hall–Kier alpha value is -5.20.